The van der Waals surface area contributed by atoms with Gasteiger partial charge in [-0.1, -0.05) is 78.3 Å². The molecule has 1 aromatic rings. The van der Waals surface area contributed by atoms with E-state index in [1.54, 1.807) is 19.1 Å². The number of methoxy groups -OCH3 is 2. The molecule has 298 valence electrons. The summed E-state index contributed by atoms with van der Waals surface area (Å²) in [7, 11) is 7.06. The number of likely N-dealkylation sites (N-methyl/N-ethyl adjacent to an activating group) is 2. The van der Waals surface area contributed by atoms with E-state index < -0.39 is 30.1 Å². The summed E-state index contributed by atoms with van der Waals surface area (Å²) in [5.41, 5.74) is 0.781. The van der Waals surface area contributed by atoms with E-state index in [4.69, 9.17) is 9.47 Å². The van der Waals surface area contributed by atoms with E-state index in [1.165, 1.54) is 0 Å². The lowest BCUT2D eigenvalue weighted by molar-refractivity contribution is -0.149. The zero-order chi connectivity index (χ0) is 39.1. The molecule has 12 atom stereocenters. The highest BCUT2D eigenvalue weighted by atomic mass is 16.5. The van der Waals surface area contributed by atoms with Crippen molar-refractivity contribution in [2.24, 2.45) is 35.5 Å². The maximum Gasteiger partial charge on any atom is 0.226 e. The molecule has 2 saturated heterocycles. The van der Waals surface area contributed by atoms with Crippen LogP contribution in [0, 0.1) is 35.5 Å². The summed E-state index contributed by atoms with van der Waals surface area (Å²) < 4.78 is 12.0. The Hall–Kier alpha value is -2.66. The summed E-state index contributed by atoms with van der Waals surface area (Å²) in [4.78, 5) is 61.8. The second-order valence-corrected chi connectivity index (χ2v) is 17.0. The first-order valence-corrected chi connectivity index (χ1v) is 20.3. The minimum Gasteiger partial charge on any atom is -0.388 e. The lowest BCUT2D eigenvalue weighted by Gasteiger charge is -2.41. The summed E-state index contributed by atoms with van der Waals surface area (Å²) in [5.74, 6) is -0.810. The third-order valence-electron chi connectivity index (χ3n) is 13.3. The van der Waals surface area contributed by atoms with Crippen LogP contribution in [0.3, 0.4) is 0 Å². The number of hydrogen-bond acceptors (Lipinski definition) is 8. The minimum atomic E-state index is -0.757. The van der Waals surface area contributed by atoms with Crippen molar-refractivity contribution in [3.8, 4) is 0 Å². The van der Waals surface area contributed by atoms with Gasteiger partial charge in [0.15, 0.2) is 5.78 Å². The number of carbonyl (C=O) groups is 4. The Morgan fingerprint density at radius 1 is 0.925 bits per heavy atom. The summed E-state index contributed by atoms with van der Waals surface area (Å²) in [6.45, 7) is 12.5. The third-order valence-corrected chi connectivity index (χ3v) is 13.3. The second kappa shape index (κ2) is 19.3. The van der Waals surface area contributed by atoms with E-state index in [-0.39, 0.29) is 78.5 Å². The van der Waals surface area contributed by atoms with Crippen molar-refractivity contribution < 1.29 is 33.8 Å². The van der Waals surface area contributed by atoms with Crippen LogP contribution < -0.4 is 0 Å². The van der Waals surface area contributed by atoms with E-state index in [0.717, 1.165) is 44.1 Å². The van der Waals surface area contributed by atoms with Gasteiger partial charge in [-0.3, -0.25) is 24.1 Å². The van der Waals surface area contributed by atoms with Crippen molar-refractivity contribution in [2.75, 3.05) is 34.9 Å². The third kappa shape index (κ3) is 9.78. The van der Waals surface area contributed by atoms with Gasteiger partial charge < -0.3 is 24.4 Å². The first-order chi connectivity index (χ1) is 25.2. The lowest BCUT2D eigenvalue weighted by atomic mass is 9.83. The molecular formula is C43H69N3O7. The fraction of sp³-hybridized carbons (Fsp3) is 0.767. The highest BCUT2D eigenvalue weighted by molar-refractivity contribution is 5.90. The summed E-state index contributed by atoms with van der Waals surface area (Å²) in [5, 5.41) is 10.9. The van der Waals surface area contributed by atoms with Gasteiger partial charge in [-0.15, -0.1) is 0 Å². The minimum absolute atomic E-state index is 0.00404. The number of fused-ring (bicyclic) bond motifs is 2. The first kappa shape index (κ1) is 43.1. The second-order valence-electron chi connectivity index (χ2n) is 17.0. The monoisotopic (exact) mass is 740 g/mol. The molecule has 3 aliphatic rings. The molecule has 4 rings (SSSR count). The molecule has 2 aliphatic heterocycles. The maximum atomic E-state index is 14.4. The van der Waals surface area contributed by atoms with Gasteiger partial charge in [0.1, 0.15) is 5.78 Å². The number of nitrogens with zero attached hydrogens (tertiary/aromatic N) is 3. The number of hydrogen-bond donors (Lipinski definition) is 1. The number of Topliss-reactive ketones (excluding diaryl/α,β-unsaturated/α-hetero) is 2. The van der Waals surface area contributed by atoms with E-state index >= 15 is 0 Å². The molecule has 3 fully saturated rings. The van der Waals surface area contributed by atoms with Crippen LogP contribution in [0.2, 0.25) is 0 Å². The van der Waals surface area contributed by atoms with Crippen molar-refractivity contribution >= 4 is 23.4 Å². The zero-order valence-corrected chi connectivity index (χ0v) is 34.2. The highest BCUT2D eigenvalue weighted by Crippen LogP contribution is 2.42. The quantitative estimate of drug-likeness (QED) is 0.175. The molecule has 1 N–H and O–H groups in total. The Labute approximate surface area is 319 Å². The van der Waals surface area contributed by atoms with Gasteiger partial charge in [0.05, 0.1) is 42.9 Å². The highest BCUT2D eigenvalue weighted by Gasteiger charge is 2.48. The topological polar surface area (TPSA) is 117 Å². The number of benzene rings is 1. The molecule has 1 saturated carbocycles. The Kier molecular flexibility index (Phi) is 15.7. The number of carbonyl (C=O) groups excluding carboxylic acids is 4. The average molecular weight is 740 g/mol. The van der Waals surface area contributed by atoms with E-state index in [9.17, 15) is 24.3 Å². The number of ether oxygens (including phenoxy) is 2. The van der Waals surface area contributed by atoms with Crippen LogP contribution in [0.15, 0.2) is 30.3 Å². The molecule has 2 heterocycles. The number of piperidine rings is 1. The lowest BCUT2D eigenvalue weighted by Crippen LogP contribution is -2.54. The summed E-state index contributed by atoms with van der Waals surface area (Å²) >= 11 is 0. The number of aliphatic hydroxyl groups excluding tert-OH is 1. The smallest absolute Gasteiger partial charge is 0.226 e. The number of ketones is 2. The molecule has 2 amide bonds. The van der Waals surface area contributed by atoms with Crippen molar-refractivity contribution in [1.82, 2.24) is 14.7 Å². The van der Waals surface area contributed by atoms with E-state index in [1.807, 2.05) is 70.0 Å². The SMILES string of the molecule is CC[C@H](C)[C@@H]([C@@H](CC(=O)N1CCC[C@H]1[C@H](OC)[C@@H](C)C(=O)C[C@H](C)[C@@H](O)c1ccccc1)OC)N(C)C(=O)[C@@H](CC(=O)[C@@H]1[C@H]2CC[C@H](C2)N1C)C(C)C. The van der Waals surface area contributed by atoms with Crippen LogP contribution >= 0.6 is 0 Å². The summed E-state index contributed by atoms with van der Waals surface area (Å²) in [6, 6.07) is 9.10. The van der Waals surface area contributed by atoms with E-state index in [0.29, 0.717) is 18.5 Å². The molecular weight excluding hydrogens is 670 g/mol. The summed E-state index contributed by atoms with van der Waals surface area (Å²) in [6.07, 6.45) is 4.29. The van der Waals surface area contributed by atoms with Crippen LogP contribution in [0.5, 0.6) is 0 Å². The van der Waals surface area contributed by atoms with Gasteiger partial charge in [-0.2, -0.15) is 0 Å². The standard InChI is InChI=1S/C43H69N3O7/c1-11-27(4)39(45(8)43(51)33(26(2)3)24-36(48)40-31-19-20-32(23-31)44(40)7)37(52-9)25-38(49)46-21-15-18-34(46)42(53-10)29(6)35(47)22-28(5)41(50)30-16-13-12-14-17-30/h12-14,16-17,26-29,31-34,37,39-42,50H,11,15,18-25H2,1-10H3/t27-,28-,29-,31-,32+,33-,34-,37+,39-,40-,41+,42+/m0/s1. The van der Waals surface area contributed by atoms with Crippen molar-refractivity contribution in [2.45, 2.75) is 142 Å². The molecule has 10 nitrogen and oxygen atoms in total. The van der Waals surface area contributed by atoms with Crippen molar-refractivity contribution in [1.29, 1.82) is 0 Å². The van der Waals surface area contributed by atoms with Gasteiger partial charge in [0, 0.05) is 58.5 Å². The number of rotatable bonds is 20. The molecule has 1 aliphatic carbocycles. The fourth-order valence-corrected chi connectivity index (χ4v) is 9.84. The van der Waals surface area contributed by atoms with Crippen LogP contribution in [0.25, 0.3) is 0 Å². The van der Waals surface area contributed by atoms with Crippen LogP contribution in [0.4, 0.5) is 0 Å². The number of aliphatic hydroxyl groups is 1. The molecule has 0 radical (unpaired) electrons. The molecule has 0 unspecified atom stereocenters. The van der Waals surface area contributed by atoms with Crippen LogP contribution in [-0.2, 0) is 28.7 Å². The normalized spacial score (nSPS) is 26.2. The molecule has 10 heteroatoms. The predicted octanol–water partition coefficient (Wildman–Crippen LogP) is 5.95. The fourth-order valence-electron chi connectivity index (χ4n) is 9.84. The van der Waals surface area contributed by atoms with Crippen molar-refractivity contribution in [3.05, 3.63) is 35.9 Å². The molecule has 2 bridgehead atoms. The molecule has 0 aromatic heterocycles. The van der Waals surface area contributed by atoms with Crippen LogP contribution in [-0.4, -0.2) is 114 Å². The van der Waals surface area contributed by atoms with Gasteiger partial charge in [-0.25, -0.2) is 0 Å². The first-order valence-electron chi connectivity index (χ1n) is 20.3. The van der Waals surface area contributed by atoms with Gasteiger partial charge >= 0.3 is 0 Å². The predicted molar refractivity (Wildman–Crippen MR) is 207 cm³/mol. The Bertz CT molecular complexity index is 1370. The largest absolute Gasteiger partial charge is 0.388 e. The Morgan fingerprint density at radius 2 is 1.60 bits per heavy atom. The maximum absolute atomic E-state index is 14.4. The average Bonchev–Trinajstić information content (AvgIpc) is 3.90. The molecule has 1 aromatic carbocycles. The molecule has 0 spiro atoms. The molecule has 53 heavy (non-hydrogen) atoms. The van der Waals surface area contributed by atoms with Gasteiger partial charge in [0.25, 0.3) is 0 Å². The van der Waals surface area contributed by atoms with Crippen molar-refractivity contribution in [3.63, 3.8) is 0 Å². The Balaban J connectivity index is 1.44. The van der Waals surface area contributed by atoms with Gasteiger partial charge in [0.2, 0.25) is 11.8 Å². The van der Waals surface area contributed by atoms with Gasteiger partial charge in [-0.05, 0) is 68.4 Å². The Morgan fingerprint density at radius 3 is 2.17 bits per heavy atom. The zero-order valence-electron chi connectivity index (χ0n) is 34.2. The number of amides is 2. The number of likely N-dealkylation sites (tertiary alicyclic amines) is 2. The van der Waals surface area contributed by atoms with E-state index in [2.05, 4.69) is 25.8 Å². The van der Waals surface area contributed by atoms with Crippen LogP contribution in [0.1, 0.15) is 111 Å².